The van der Waals surface area contributed by atoms with Crippen molar-refractivity contribution in [1.29, 1.82) is 0 Å². The third-order valence-electron chi connectivity index (χ3n) is 3.36. The second-order valence-corrected chi connectivity index (χ2v) is 4.43. The van der Waals surface area contributed by atoms with Gasteiger partial charge in [0.15, 0.2) is 0 Å². The summed E-state index contributed by atoms with van der Waals surface area (Å²) in [5.74, 6) is 1.60. The summed E-state index contributed by atoms with van der Waals surface area (Å²) in [4.78, 5) is 0. The van der Waals surface area contributed by atoms with Crippen molar-refractivity contribution in [1.82, 2.24) is 5.32 Å². The fraction of sp³-hybridized carbons (Fsp3) is 0.538. The van der Waals surface area contributed by atoms with E-state index < -0.39 is 0 Å². The third-order valence-corrected chi connectivity index (χ3v) is 3.36. The highest BCUT2D eigenvalue weighted by atomic mass is 16.5. The Kier molecular flexibility index (Phi) is 3.67. The summed E-state index contributed by atoms with van der Waals surface area (Å²) in [5.41, 5.74) is 8.05. The lowest BCUT2D eigenvalue weighted by molar-refractivity contribution is 0.416. The number of hydrogen-bond acceptors (Lipinski definition) is 3. The fourth-order valence-electron chi connectivity index (χ4n) is 2.31. The summed E-state index contributed by atoms with van der Waals surface area (Å²) in [7, 11) is 1.66. The van der Waals surface area contributed by atoms with Gasteiger partial charge in [0.25, 0.3) is 0 Å². The van der Waals surface area contributed by atoms with Crippen LogP contribution in [0.1, 0.15) is 18.4 Å². The van der Waals surface area contributed by atoms with E-state index in [1.807, 2.05) is 12.1 Å². The lowest BCUT2D eigenvalue weighted by Crippen LogP contribution is -2.10. The van der Waals surface area contributed by atoms with E-state index in [1.54, 1.807) is 7.11 Å². The average Bonchev–Trinajstić information content (AvgIpc) is 2.81. The fourth-order valence-corrected chi connectivity index (χ4v) is 2.31. The molecule has 0 radical (unpaired) electrons. The molecule has 1 heterocycles. The second kappa shape index (κ2) is 5.21. The van der Waals surface area contributed by atoms with Crippen molar-refractivity contribution in [3.8, 4) is 5.75 Å². The maximum absolute atomic E-state index is 6.04. The third kappa shape index (κ3) is 2.47. The molecule has 1 unspecified atom stereocenters. The topological polar surface area (TPSA) is 47.3 Å². The van der Waals surface area contributed by atoms with Crippen LogP contribution < -0.4 is 15.8 Å². The van der Waals surface area contributed by atoms with Crippen molar-refractivity contribution in [2.45, 2.75) is 19.3 Å². The average molecular weight is 220 g/mol. The van der Waals surface area contributed by atoms with E-state index in [0.717, 1.165) is 36.9 Å². The van der Waals surface area contributed by atoms with Gasteiger partial charge in [-0.1, -0.05) is 12.1 Å². The summed E-state index contributed by atoms with van der Waals surface area (Å²) in [6, 6.07) is 6.02. The van der Waals surface area contributed by atoms with Crippen LogP contribution in [0.5, 0.6) is 5.75 Å². The number of benzene rings is 1. The molecule has 1 aromatic rings. The van der Waals surface area contributed by atoms with E-state index in [2.05, 4.69) is 11.4 Å². The Hall–Kier alpha value is -1.22. The molecule has 2 rings (SSSR count). The molecule has 3 nitrogen and oxygen atoms in total. The van der Waals surface area contributed by atoms with Crippen LogP contribution in [0.4, 0.5) is 5.69 Å². The van der Waals surface area contributed by atoms with Gasteiger partial charge in [0.1, 0.15) is 5.75 Å². The predicted molar refractivity (Wildman–Crippen MR) is 66.7 cm³/mol. The summed E-state index contributed by atoms with van der Waals surface area (Å²) in [6.45, 7) is 2.32. The van der Waals surface area contributed by atoms with Crippen LogP contribution in [0.15, 0.2) is 18.2 Å². The Bertz CT molecular complexity index is 346. The molecule has 0 spiro atoms. The van der Waals surface area contributed by atoms with Crippen molar-refractivity contribution in [2.75, 3.05) is 25.9 Å². The molecular weight excluding hydrogens is 200 g/mol. The summed E-state index contributed by atoms with van der Waals surface area (Å²) >= 11 is 0. The van der Waals surface area contributed by atoms with Crippen LogP contribution in [0.2, 0.25) is 0 Å². The van der Waals surface area contributed by atoms with Gasteiger partial charge in [-0.15, -0.1) is 0 Å². The normalized spacial score (nSPS) is 19.9. The molecule has 0 saturated carbocycles. The predicted octanol–water partition coefficient (Wildman–Crippen LogP) is 1.82. The number of rotatable bonds is 4. The van der Waals surface area contributed by atoms with Gasteiger partial charge in [0, 0.05) is 0 Å². The number of methoxy groups -OCH3 is 1. The molecule has 88 valence electrons. The minimum absolute atomic E-state index is 0.794. The van der Waals surface area contributed by atoms with Gasteiger partial charge in [-0.05, 0) is 49.9 Å². The standard InChI is InChI=1S/C13H20N2O/c1-16-12-4-2-3-11(13(12)14)6-5-10-7-8-15-9-10/h2-4,10,15H,5-9,14H2,1H3. The van der Waals surface area contributed by atoms with E-state index in [9.17, 15) is 0 Å². The van der Waals surface area contributed by atoms with E-state index in [1.165, 1.54) is 18.4 Å². The number of nitrogen functional groups attached to an aromatic ring is 1. The Morgan fingerprint density at radius 3 is 3.06 bits per heavy atom. The largest absolute Gasteiger partial charge is 0.495 e. The zero-order chi connectivity index (χ0) is 11.4. The minimum Gasteiger partial charge on any atom is -0.495 e. The van der Waals surface area contributed by atoms with Gasteiger partial charge in [0.2, 0.25) is 0 Å². The molecular formula is C13H20N2O. The maximum Gasteiger partial charge on any atom is 0.142 e. The Balaban J connectivity index is 1.97. The SMILES string of the molecule is COc1cccc(CCC2CCNC2)c1N. The first-order valence-electron chi connectivity index (χ1n) is 5.93. The minimum atomic E-state index is 0.794. The number of nitrogens with one attached hydrogen (secondary N) is 1. The Labute approximate surface area is 97.0 Å². The van der Waals surface area contributed by atoms with Gasteiger partial charge < -0.3 is 15.8 Å². The summed E-state index contributed by atoms with van der Waals surface area (Å²) in [6.07, 6.45) is 3.56. The van der Waals surface area contributed by atoms with Gasteiger partial charge in [-0.3, -0.25) is 0 Å². The number of aryl methyl sites for hydroxylation is 1. The first-order chi connectivity index (χ1) is 7.81. The maximum atomic E-state index is 6.04. The molecule has 3 heteroatoms. The highest BCUT2D eigenvalue weighted by Crippen LogP contribution is 2.27. The van der Waals surface area contributed by atoms with Crippen LogP contribution in [0.25, 0.3) is 0 Å². The zero-order valence-corrected chi connectivity index (χ0v) is 9.83. The van der Waals surface area contributed by atoms with E-state index in [4.69, 9.17) is 10.5 Å². The second-order valence-electron chi connectivity index (χ2n) is 4.43. The Morgan fingerprint density at radius 1 is 1.50 bits per heavy atom. The van der Waals surface area contributed by atoms with Crippen molar-refractivity contribution in [2.24, 2.45) is 5.92 Å². The molecule has 1 saturated heterocycles. The van der Waals surface area contributed by atoms with Crippen molar-refractivity contribution >= 4 is 5.69 Å². The molecule has 3 N–H and O–H groups in total. The van der Waals surface area contributed by atoms with Gasteiger partial charge in [-0.25, -0.2) is 0 Å². The first-order valence-corrected chi connectivity index (χ1v) is 5.93. The number of para-hydroxylation sites is 1. The smallest absolute Gasteiger partial charge is 0.142 e. The van der Waals surface area contributed by atoms with Gasteiger partial charge in [0.05, 0.1) is 12.8 Å². The van der Waals surface area contributed by atoms with Gasteiger partial charge >= 0.3 is 0 Å². The van der Waals surface area contributed by atoms with Gasteiger partial charge in [-0.2, -0.15) is 0 Å². The number of nitrogens with two attached hydrogens (primary N) is 1. The van der Waals surface area contributed by atoms with Crippen molar-refractivity contribution in [3.63, 3.8) is 0 Å². The number of anilines is 1. The van der Waals surface area contributed by atoms with Crippen molar-refractivity contribution < 1.29 is 4.74 Å². The highest BCUT2D eigenvalue weighted by Gasteiger charge is 2.15. The quantitative estimate of drug-likeness (QED) is 0.761. The Morgan fingerprint density at radius 2 is 2.38 bits per heavy atom. The zero-order valence-electron chi connectivity index (χ0n) is 9.83. The number of hydrogen-bond donors (Lipinski definition) is 2. The highest BCUT2D eigenvalue weighted by molar-refractivity contribution is 5.58. The monoisotopic (exact) mass is 220 g/mol. The summed E-state index contributed by atoms with van der Waals surface area (Å²) < 4.78 is 5.22. The van der Waals surface area contributed by atoms with Crippen LogP contribution in [0, 0.1) is 5.92 Å². The van der Waals surface area contributed by atoms with E-state index in [0.29, 0.717) is 0 Å². The molecule has 0 bridgehead atoms. The number of ether oxygens (including phenoxy) is 1. The molecule has 0 amide bonds. The van der Waals surface area contributed by atoms with Crippen LogP contribution in [0.3, 0.4) is 0 Å². The van der Waals surface area contributed by atoms with E-state index >= 15 is 0 Å². The molecule has 1 aliphatic heterocycles. The lowest BCUT2D eigenvalue weighted by atomic mass is 9.98. The molecule has 0 aliphatic carbocycles. The molecule has 1 aromatic carbocycles. The molecule has 1 atom stereocenters. The van der Waals surface area contributed by atoms with E-state index in [-0.39, 0.29) is 0 Å². The molecule has 1 aliphatic rings. The van der Waals surface area contributed by atoms with Crippen LogP contribution >= 0.6 is 0 Å². The first kappa shape index (κ1) is 11.3. The molecule has 16 heavy (non-hydrogen) atoms. The van der Waals surface area contributed by atoms with Crippen LogP contribution in [-0.2, 0) is 6.42 Å². The molecule has 1 fully saturated rings. The van der Waals surface area contributed by atoms with Crippen molar-refractivity contribution in [3.05, 3.63) is 23.8 Å². The van der Waals surface area contributed by atoms with Crippen LogP contribution in [-0.4, -0.2) is 20.2 Å². The summed E-state index contributed by atoms with van der Waals surface area (Å²) in [5, 5.41) is 3.39. The molecule has 0 aromatic heterocycles. The lowest BCUT2D eigenvalue weighted by Gasteiger charge is -2.12.